The second-order valence-electron chi connectivity index (χ2n) is 2.56. The van der Waals surface area contributed by atoms with Gasteiger partial charge >= 0.3 is 0 Å². The highest BCUT2D eigenvalue weighted by molar-refractivity contribution is 5.24. The van der Waals surface area contributed by atoms with E-state index in [9.17, 15) is 0 Å². The lowest BCUT2D eigenvalue weighted by atomic mass is 9.99. The van der Waals surface area contributed by atoms with Crippen molar-refractivity contribution in [3.8, 4) is 0 Å². The molecule has 1 aliphatic rings. The molecule has 0 aliphatic heterocycles. The van der Waals surface area contributed by atoms with Gasteiger partial charge in [0.05, 0.1) is 0 Å². The lowest BCUT2D eigenvalue weighted by molar-refractivity contribution is 0.728. The van der Waals surface area contributed by atoms with Gasteiger partial charge in [0, 0.05) is 6.54 Å². The summed E-state index contributed by atoms with van der Waals surface area (Å²) in [5, 5.41) is 0. The van der Waals surface area contributed by atoms with E-state index in [4.69, 9.17) is 5.73 Å². The molecule has 1 atom stereocenters. The maximum absolute atomic E-state index is 5.43. The molecule has 2 N–H and O–H groups in total. The van der Waals surface area contributed by atoms with Crippen molar-refractivity contribution in [2.75, 3.05) is 6.54 Å². The number of allylic oxidation sites excluding steroid dienone is 2. The van der Waals surface area contributed by atoms with Crippen LogP contribution in [0.2, 0.25) is 0 Å². The largest absolute Gasteiger partial charge is 0.327 e. The van der Waals surface area contributed by atoms with Crippen LogP contribution in [0, 0.1) is 5.92 Å². The van der Waals surface area contributed by atoms with Gasteiger partial charge in [-0.3, -0.25) is 0 Å². The monoisotopic (exact) mass is 123 g/mol. The van der Waals surface area contributed by atoms with Gasteiger partial charge in [-0.05, 0) is 17.9 Å². The van der Waals surface area contributed by atoms with Crippen molar-refractivity contribution in [2.45, 2.75) is 13.3 Å². The molecular weight excluding hydrogens is 110 g/mol. The average molecular weight is 123 g/mol. The number of hydrogen-bond donors (Lipinski definition) is 1. The summed E-state index contributed by atoms with van der Waals surface area (Å²) in [6.45, 7) is 2.89. The minimum atomic E-state index is 0.684. The van der Waals surface area contributed by atoms with E-state index in [1.165, 1.54) is 5.57 Å². The molecule has 1 unspecified atom stereocenters. The van der Waals surface area contributed by atoms with E-state index >= 15 is 0 Å². The van der Waals surface area contributed by atoms with Gasteiger partial charge in [0.2, 0.25) is 0 Å². The smallest absolute Gasteiger partial charge is 0.0174 e. The van der Waals surface area contributed by atoms with Crippen molar-refractivity contribution in [2.24, 2.45) is 11.7 Å². The van der Waals surface area contributed by atoms with Gasteiger partial charge in [0.25, 0.3) is 0 Å². The quantitative estimate of drug-likeness (QED) is 0.561. The lowest BCUT2D eigenvalue weighted by Gasteiger charge is -2.08. The predicted octanol–water partition coefficient (Wildman–Crippen LogP) is 1.47. The molecule has 0 saturated heterocycles. The summed E-state index contributed by atoms with van der Waals surface area (Å²) in [6, 6.07) is 0. The average Bonchev–Trinajstić information content (AvgIpc) is 1.90. The van der Waals surface area contributed by atoms with Crippen LogP contribution >= 0.6 is 0 Å². The molecule has 0 amide bonds. The van der Waals surface area contributed by atoms with Crippen LogP contribution in [0.4, 0.5) is 0 Å². The lowest BCUT2D eigenvalue weighted by Crippen LogP contribution is -2.04. The van der Waals surface area contributed by atoms with Crippen LogP contribution in [-0.2, 0) is 0 Å². The molecule has 0 radical (unpaired) electrons. The molecule has 50 valence electrons. The first-order valence-corrected chi connectivity index (χ1v) is 3.40. The van der Waals surface area contributed by atoms with Crippen LogP contribution in [0.3, 0.4) is 0 Å². The van der Waals surface area contributed by atoms with Gasteiger partial charge in [-0.1, -0.05) is 25.2 Å². The minimum Gasteiger partial charge on any atom is -0.327 e. The Labute approximate surface area is 56.2 Å². The highest BCUT2D eigenvalue weighted by Crippen LogP contribution is 2.13. The predicted molar refractivity (Wildman–Crippen MR) is 40.1 cm³/mol. The highest BCUT2D eigenvalue weighted by Gasteiger charge is 2.00. The molecule has 0 heterocycles. The zero-order chi connectivity index (χ0) is 6.69. The standard InChI is InChI=1S/C8H13N/c1-7-2-4-8(6-9)5-3-7/h2,4-5,7H,3,6,9H2,1H3. The fourth-order valence-corrected chi connectivity index (χ4v) is 0.923. The molecule has 0 aromatic rings. The molecule has 1 heteroatoms. The highest BCUT2D eigenvalue weighted by atomic mass is 14.5. The van der Waals surface area contributed by atoms with Crippen molar-refractivity contribution in [3.63, 3.8) is 0 Å². The molecule has 0 fully saturated rings. The van der Waals surface area contributed by atoms with Crippen molar-refractivity contribution in [1.82, 2.24) is 0 Å². The Balaban J connectivity index is 2.52. The van der Waals surface area contributed by atoms with Gasteiger partial charge in [-0.2, -0.15) is 0 Å². The Morgan fingerprint density at radius 2 is 2.56 bits per heavy atom. The van der Waals surface area contributed by atoms with Crippen LogP contribution in [0.15, 0.2) is 23.8 Å². The molecule has 0 aromatic carbocycles. The maximum atomic E-state index is 5.43. The van der Waals surface area contributed by atoms with E-state index in [0.29, 0.717) is 12.5 Å². The molecule has 0 aromatic heterocycles. The Kier molecular flexibility index (Phi) is 2.06. The van der Waals surface area contributed by atoms with Crippen molar-refractivity contribution >= 4 is 0 Å². The van der Waals surface area contributed by atoms with E-state index < -0.39 is 0 Å². The summed E-state index contributed by atoms with van der Waals surface area (Å²) >= 11 is 0. The fourth-order valence-electron chi connectivity index (χ4n) is 0.923. The summed E-state index contributed by atoms with van der Waals surface area (Å²) in [4.78, 5) is 0. The molecule has 1 rings (SSSR count). The van der Waals surface area contributed by atoms with Crippen molar-refractivity contribution in [1.29, 1.82) is 0 Å². The molecule has 0 bridgehead atoms. The van der Waals surface area contributed by atoms with Crippen LogP contribution in [0.1, 0.15) is 13.3 Å². The third kappa shape index (κ3) is 1.68. The Morgan fingerprint density at radius 3 is 3.00 bits per heavy atom. The first-order chi connectivity index (χ1) is 4.33. The Hall–Kier alpha value is -0.560. The zero-order valence-corrected chi connectivity index (χ0v) is 5.80. The van der Waals surface area contributed by atoms with E-state index in [1.54, 1.807) is 0 Å². The van der Waals surface area contributed by atoms with E-state index in [1.807, 2.05) is 0 Å². The first kappa shape index (κ1) is 6.56. The van der Waals surface area contributed by atoms with Gasteiger partial charge in [-0.25, -0.2) is 0 Å². The molecule has 1 aliphatic carbocycles. The van der Waals surface area contributed by atoms with Crippen molar-refractivity contribution < 1.29 is 0 Å². The van der Waals surface area contributed by atoms with Gasteiger partial charge < -0.3 is 5.73 Å². The summed E-state index contributed by atoms with van der Waals surface area (Å²) in [7, 11) is 0. The SMILES string of the molecule is CC1C=CC(CN)=CC1. The summed E-state index contributed by atoms with van der Waals surface area (Å²) in [5.74, 6) is 0.709. The summed E-state index contributed by atoms with van der Waals surface area (Å²) in [5.41, 5.74) is 6.70. The van der Waals surface area contributed by atoms with E-state index in [2.05, 4.69) is 25.2 Å². The van der Waals surface area contributed by atoms with Gasteiger partial charge in [-0.15, -0.1) is 0 Å². The number of nitrogens with two attached hydrogens (primary N) is 1. The normalized spacial score (nSPS) is 26.0. The number of rotatable bonds is 1. The third-order valence-electron chi connectivity index (χ3n) is 1.63. The Morgan fingerprint density at radius 1 is 1.78 bits per heavy atom. The van der Waals surface area contributed by atoms with E-state index in [-0.39, 0.29) is 0 Å². The molecule has 0 saturated carbocycles. The topological polar surface area (TPSA) is 26.0 Å². The van der Waals surface area contributed by atoms with E-state index in [0.717, 1.165) is 6.42 Å². The van der Waals surface area contributed by atoms with Crippen molar-refractivity contribution in [3.05, 3.63) is 23.8 Å². The molecular formula is C8H13N. The second-order valence-corrected chi connectivity index (χ2v) is 2.56. The van der Waals surface area contributed by atoms with Gasteiger partial charge in [0.1, 0.15) is 0 Å². The first-order valence-electron chi connectivity index (χ1n) is 3.40. The zero-order valence-electron chi connectivity index (χ0n) is 5.80. The van der Waals surface area contributed by atoms with Crippen LogP contribution < -0.4 is 5.73 Å². The van der Waals surface area contributed by atoms with Gasteiger partial charge in [0.15, 0.2) is 0 Å². The van der Waals surface area contributed by atoms with Crippen LogP contribution in [0.25, 0.3) is 0 Å². The minimum absolute atomic E-state index is 0.684. The maximum Gasteiger partial charge on any atom is 0.0174 e. The fraction of sp³-hybridized carbons (Fsp3) is 0.500. The third-order valence-corrected chi connectivity index (χ3v) is 1.63. The van der Waals surface area contributed by atoms with Crippen LogP contribution in [-0.4, -0.2) is 6.54 Å². The Bertz CT molecular complexity index is 145. The molecule has 0 spiro atoms. The number of hydrogen-bond acceptors (Lipinski definition) is 1. The molecule has 1 nitrogen and oxygen atoms in total. The second kappa shape index (κ2) is 2.83. The van der Waals surface area contributed by atoms with Crippen LogP contribution in [0.5, 0.6) is 0 Å². The summed E-state index contributed by atoms with van der Waals surface area (Å²) in [6.07, 6.45) is 7.70. The molecule has 9 heavy (non-hydrogen) atoms. The summed E-state index contributed by atoms with van der Waals surface area (Å²) < 4.78 is 0.